The molecule has 2 nitrogen and oxygen atoms in total. The van der Waals surface area contributed by atoms with Crippen molar-refractivity contribution in [1.29, 1.82) is 0 Å². The average molecular weight is 297 g/mol. The van der Waals surface area contributed by atoms with E-state index < -0.39 is 17.7 Å². The summed E-state index contributed by atoms with van der Waals surface area (Å²) in [6.07, 6.45) is 0.900. The van der Waals surface area contributed by atoms with Gasteiger partial charge in [0.05, 0.1) is 6.10 Å². The SMILES string of the molecule is CC1CC(C)C(C)N(CCC(O)c2cc(F)cc(F)c2)C1. The van der Waals surface area contributed by atoms with Gasteiger partial charge >= 0.3 is 0 Å². The molecule has 4 heteroatoms. The molecule has 118 valence electrons. The van der Waals surface area contributed by atoms with Crippen LogP contribution in [0.5, 0.6) is 0 Å². The van der Waals surface area contributed by atoms with Crippen LogP contribution in [-0.2, 0) is 0 Å². The van der Waals surface area contributed by atoms with Gasteiger partial charge in [-0.05, 0) is 49.3 Å². The summed E-state index contributed by atoms with van der Waals surface area (Å²) >= 11 is 0. The number of aliphatic hydroxyl groups is 1. The third-order valence-electron chi connectivity index (χ3n) is 4.68. The van der Waals surface area contributed by atoms with E-state index in [0.717, 1.165) is 19.2 Å². The summed E-state index contributed by atoms with van der Waals surface area (Å²) in [5.74, 6) is 0.00716. The van der Waals surface area contributed by atoms with E-state index in [4.69, 9.17) is 0 Å². The van der Waals surface area contributed by atoms with Crippen LogP contribution < -0.4 is 0 Å². The second kappa shape index (κ2) is 6.84. The van der Waals surface area contributed by atoms with Crippen molar-refractivity contribution in [3.63, 3.8) is 0 Å². The second-order valence-corrected chi connectivity index (χ2v) is 6.56. The molecule has 21 heavy (non-hydrogen) atoms. The van der Waals surface area contributed by atoms with Crippen LogP contribution in [0, 0.1) is 23.5 Å². The monoisotopic (exact) mass is 297 g/mol. The summed E-state index contributed by atoms with van der Waals surface area (Å²) in [4.78, 5) is 2.37. The zero-order valence-corrected chi connectivity index (χ0v) is 13.0. The van der Waals surface area contributed by atoms with Crippen molar-refractivity contribution < 1.29 is 13.9 Å². The van der Waals surface area contributed by atoms with Gasteiger partial charge in [0.1, 0.15) is 11.6 Å². The maximum Gasteiger partial charge on any atom is 0.126 e. The van der Waals surface area contributed by atoms with Crippen LogP contribution in [0.15, 0.2) is 18.2 Å². The lowest BCUT2D eigenvalue weighted by Gasteiger charge is -2.41. The van der Waals surface area contributed by atoms with Crippen LogP contribution in [0.2, 0.25) is 0 Å². The smallest absolute Gasteiger partial charge is 0.126 e. The van der Waals surface area contributed by atoms with Crippen molar-refractivity contribution >= 4 is 0 Å². The number of nitrogens with zero attached hydrogens (tertiary/aromatic N) is 1. The Balaban J connectivity index is 1.95. The summed E-state index contributed by atoms with van der Waals surface area (Å²) in [5.41, 5.74) is 0.318. The molecular weight excluding hydrogens is 272 g/mol. The zero-order chi connectivity index (χ0) is 15.6. The van der Waals surface area contributed by atoms with Gasteiger partial charge in [0, 0.05) is 25.2 Å². The van der Waals surface area contributed by atoms with Crippen LogP contribution >= 0.6 is 0 Å². The highest BCUT2D eigenvalue weighted by Gasteiger charge is 2.28. The van der Waals surface area contributed by atoms with E-state index in [1.165, 1.54) is 18.6 Å². The molecule has 1 saturated heterocycles. The molecule has 0 saturated carbocycles. The fraction of sp³-hybridized carbons (Fsp3) is 0.647. The normalized spacial score (nSPS) is 28.6. The van der Waals surface area contributed by atoms with Crippen molar-refractivity contribution in [1.82, 2.24) is 4.90 Å². The van der Waals surface area contributed by atoms with Crippen LogP contribution in [0.3, 0.4) is 0 Å². The van der Waals surface area contributed by atoms with Gasteiger partial charge < -0.3 is 10.0 Å². The van der Waals surface area contributed by atoms with Gasteiger partial charge in [-0.2, -0.15) is 0 Å². The minimum absolute atomic E-state index is 0.318. The maximum absolute atomic E-state index is 13.2. The number of hydrogen-bond acceptors (Lipinski definition) is 2. The highest BCUT2D eigenvalue weighted by molar-refractivity contribution is 5.20. The highest BCUT2D eigenvalue weighted by Crippen LogP contribution is 2.28. The molecule has 0 aliphatic carbocycles. The molecule has 0 bridgehead atoms. The molecule has 2 rings (SSSR count). The Morgan fingerprint density at radius 2 is 1.81 bits per heavy atom. The first-order chi connectivity index (χ1) is 9.86. The van der Waals surface area contributed by atoms with Gasteiger partial charge in [-0.1, -0.05) is 13.8 Å². The Morgan fingerprint density at radius 3 is 2.43 bits per heavy atom. The molecule has 1 fully saturated rings. The van der Waals surface area contributed by atoms with Crippen LogP contribution in [0.25, 0.3) is 0 Å². The Labute approximate surface area is 125 Å². The Kier molecular flexibility index (Phi) is 5.33. The predicted molar refractivity (Wildman–Crippen MR) is 79.9 cm³/mol. The van der Waals surface area contributed by atoms with E-state index in [-0.39, 0.29) is 0 Å². The van der Waals surface area contributed by atoms with Crippen molar-refractivity contribution in [3.8, 4) is 0 Å². The standard InChI is InChI=1S/C17H25F2NO/c1-11-6-12(2)13(3)20(10-11)5-4-17(21)14-7-15(18)9-16(19)8-14/h7-9,11-13,17,21H,4-6,10H2,1-3H3. The van der Waals surface area contributed by atoms with Crippen molar-refractivity contribution in [2.24, 2.45) is 11.8 Å². The van der Waals surface area contributed by atoms with E-state index in [1.54, 1.807) is 0 Å². The Bertz CT molecular complexity index is 460. The summed E-state index contributed by atoms with van der Waals surface area (Å²) in [7, 11) is 0. The minimum Gasteiger partial charge on any atom is -0.388 e. The molecule has 1 aromatic carbocycles. The molecule has 1 N–H and O–H groups in total. The minimum atomic E-state index is -0.824. The van der Waals surface area contributed by atoms with Gasteiger partial charge in [0.2, 0.25) is 0 Å². The first-order valence-electron chi connectivity index (χ1n) is 7.75. The third-order valence-corrected chi connectivity index (χ3v) is 4.68. The molecule has 0 spiro atoms. The molecular formula is C17H25F2NO. The van der Waals surface area contributed by atoms with E-state index in [2.05, 4.69) is 25.7 Å². The van der Waals surface area contributed by atoms with Crippen molar-refractivity contribution in [2.75, 3.05) is 13.1 Å². The Hall–Kier alpha value is -1.00. The molecule has 0 radical (unpaired) electrons. The molecule has 4 unspecified atom stereocenters. The van der Waals surface area contributed by atoms with Gasteiger partial charge in [-0.15, -0.1) is 0 Å². The number of likely N-dealkylation sites (tertiary alicyclic amines) is 1. The molecule has 1 heterocycles. The molecule has 4 atom stereocenters. The van der Waals surface area contributed by atoms with E-state index >= 15 is 0 Å². The number of piperidine rings is 1. The highest BCUT2D eigenvalue weighted by atomic mass is 19.1. The zero-order valence-electron chi connectivity index (χ0n) is 13.0. The number of benzene rings is 1. The van der Waals surface area contributed by atoms with Gasteiger partial charge in [-0.25, -0.2) is 8.78 Å². The lowest BCUT2D eigenvalue weighted by atomic mass is 9.86. The van der Waals surface area contributed by atoms with Crippen LogP contribution in [0.4, 0.5) is 8.78 Å². The first kappa shape index (κ1) is 16.4. The van der Waals surface area contributed by atoms with Crippen LogP contribution in [-0.4, -0.2) is 29.1 Å². The number of hydrogen-bond donors (Lipinski definition) is 1. The number of aliphatic hydroxyl groups excluding tert-OH is 1. The molecule has 1 aromatic rings. The first-order valence-corrected chi connectivity index (χ1v) is 7.75. The fourth-order valence-corrected chi connectivity index (χ4v) is 3.35. The molecule has 1 aliphatic rings. The van der Waals surface area contributed by atoms with Gasteiger partial charge in [0.25, 0.3) is 0 Å². The van der Waals surface area contributed by atoms with E-state index in [1.807, 2.05) is 0 Å². The fourth-order valence-electron chi connectivity index (χ4n) is 3.35. The third kappa shape index (κ3) is 4.24. The molecule has 0 amide bonds. The van der Waals surface area contributed by atoms with Gasteiger partial charge in [-0.3, -0.25) is 0 Å². The molecule has 0 aromatic heterocycles. The van der Waals surface area contributed by atoms with Crippen molar-refractivity contribution in [3.05, 3.63) is 35.4 Å². The maximum atomic E-state index is 13.2. The van der Waals surface area contributed by atoms with Gasteiger partial charge in [0.15, 0.2) is 0 Å². The van der Waals surface area contributed by atoms with E-state index in [0.29, 0.717) is 29.9 Å². The number of rotatable bonds is 4. The molecule has 1 aliphatic heterocycles. The largest absolute Gasteiger partial charge is 0.388 e. The van der Waals surface area contributed by atoms with E-state index in [9.17, 15) is 13.9 Å². The topological polar surface area (TPSA) is 23.5 Å². The predicted octanol–water partition coefficient (Wildman–Crippen LogP) is 3.75. The number of halogens is 2. The van der Waals surface area contributed by atoms with Crippen LogP contribution in [0.1, 0.15) is 45.3 Å². The average Bonchev–Trinajstić information content (AvgIpc) is 2.39. The summed E-state index contributed by atoms with van der Waals surface area (Å²) in [6, 6.07) is 3.72. The second-order valence-electron chi connectivity index (χ2n) is 6.56. The lowest BCUT2D eigenvalue weighted by Crippen LogP contribution is -2.46. The summed E-state index contributed by atoms with van der Waals surface area (Å²) in [6.45, 7) is 8.48. The quantitative estimate of drug-likeness (QED) is 0.915. The lowest BCUT2D eigenvalue weighted by molar-refractivity contribution is 0.0597. The Morgan fingerprint density at radius 1 is 1.19 bits per heavy atom. The van der Waals surface area contributed by atoms with Crippen molar-refractivity contribution in [2.45, 2.75) is 45.8 Å². The summed E-state index contributed by atoms with van der Waals surface area (Å²) in [5, 5.41) is 10.2. The summed E-state index contributed by atoms with van der Waals surface area (Å²) < 4.78 is 26.4.